The SMILES string of the molecule is C=CCCC(NN)C1CCOC1CC. The molecule has 0 aromatic rings. The van der Waals surface area contributed by atoms with Crippen molar-refractivity contribution in [1.82, 2.24) is 5.43 Å². The Morgan fingerprint density at radius 3 is 3.07 bits per heavy atom. The Labute approximate surface area is 86.7 Å². The highest BCUT2D eigenvalue weighted by Crippen LogP contribution is 2.28. The van der Waals surface area contributed by atoms with Crippen LogP contribution in [0, 0.1) is 5.92 Å². The zero-order valence-corrected chi connectivity index (χ0v) is 9.04. The van der Waals surface area contributed by atoms with Crippen molar-refractivity contribution in [1.29, 1.82) is 0 Å². The fraction of sp³-hybridized carbons (Fsp3) is 0.818. The van der Waals surface area contributed by atoms with Crippen molar-refractivity contribution in [2.45, 2.75) is 44.8 Å². The zero-order chi connectivity index (χ0) is 10.4. The Hall–Kier alpha value is -0.380. The summed E-state index contributed by atoms with van der Waals surface area (Å²) in [4.78, 5) is 0. The lowest BCUT2D eigenvalue weighted by atomic mass is 9.89. The van der Waals surface area contributed by atoms with Gasteiger partial charge in [-0.2, -0.15) is 0 Å². The quantitative estimate of drug-likeness (QED) is 0.387. The van der Waals surface area contributed by atoms with Crippen LogP contribution in [-0.2, 0) is 4.74 Å². The van der Waals surface area contributed by atoms with Gasteiger partial charge in [0.15, 0.2) is 0 Å². The van der Waals surface area contributed by atoms with Crippen molar-refractivity contribution in [2.75, 3.05) is 6.61 Å². The van der Waals surface area contributed by atoms with Crippen LogP contribution in [0.25, 0.3) is 0 Å². The van der Waals surface area contributed by atoms with Crippen molar-refractivity contribution >= 4 is 0 Å². The molecule has 1 fully saturated rings. The summed E-state index contributed by atoms with van der Waals surface area (Å²) < 4.78 is 5.66. The molecule has 0 saturated carbocycles. The van der Waals surface area contributed by atoms with Crippen LogP contribution in [-0.4, -0.2) is 18.8 Å². The minimum Gasteiger partial charge on any atom is -0.378 e. The lowest BCUT2D eigenvalue weighted by Gasteiger charge is -2.26. The molecule has 1 aliphatic rings. The Kier molecular flexibility index (Phi) is 5.15. The zero-order valence-electron chi connectivity index (χ0n) is 9.04. The van der Waals surface area contributed by atoms with E-state index in [1.54, 1.807) is 0 Å². The molecular weight excluding hydrogens is 176 g/mol. The normalized spacial score (nSPS) is 29.0. The minimum absolute atomic E-state index is 0.375. The maximum Gasteiger partial charge on any atom is 0.0616 e. The second-order valence-corrected chi connectivity index (χ2v) is 3.91. The van der Waals surface area contributed by atoms with Crippen molar-refractivity contribution in [3.05, 3.63) is 12.7 Å². The van der Waals surface area contributed by atoms with Gasteiger partial charge in [-0.25, -0.2) is 0 Å². The molecule has 3 atom stereocenters. The van der Waals surface area contributed by atoms with Gasteiger partial charge in [0.05, 0.1) is 6.10 Å². The first kappa shape index (κ1) is 11.7. The number of ether oxygens (including phenoxy) is 1. The predicted molar refractivity (Wildman–Crippen MR) is 58.7 cm³/mol. The van der Waals surface area contributed by atoms with Crippen LogP contribution < -0.4 is 11.3 Å². The predicted octanol–water partition coefficient (Wildman–Crippen LogP) is 1.60. The molecule has 1 rings (SSSR count). The average Bonchev–Trinajstić information content (AvgIpc) is 2.67. The summed E-state index contributed by atoms with van der Waals surface area (Å²) in [5.74, 6) is 6.14. The van der Waals surface area contributed by atoms with E-state index in [-0.39, 0.29) is 0 Å². The van der Waals surface area contributed by atoms with Crippen LogP contribution in [0.4, 0.5) is 0 Å². The third-order valence-corrected chi connectivity index (χ3v) is 3.08. The van der Waals surface area contributed by atoms with Gasteiger partial charge < -0.3 is 4.74 Å². The highest BCUT2D eigenvalue weighted by Gasteiger charge is 2.32. The fourth-order valence-electron chi connectivity index (χ4n) is 2.26. The van der Waals surface area contributed by atoms with E-state index in [1.807, 2.05) is 6.08 Å². The van der Waals surface area contributed by atoms with E-state index in [0.717, 1.165) is 32.3 Å². The van der Waals surface area contributed by atoms with Gasteiger partial charge >= 0.3 is 0 Å². The average molecular weight is 198 g/mol. The molecule has 3 nitrogen and oxygen atoms in total. The summed E-state index contributed by atoms with van der Waals surface area (Å²) in [5, 5.41) is 0. The van der Waals surface area contributed by atoms with Crippen LogP contribution in [0.2, 0.25) is 0 Å². The van der Waals surface area contributed by atoms with Gasteiger partial charge in [0.25, 0.3) is 0 Å². The van der Waals surface area contributed by atoms with Gasteiger partial charge in [0.2, 0.25) is 0 Å². The molecule has 0 aromatic carbocycles. The molecule has 0 aliphatic carbocycles. The van der Waals surface area contributed by atoms with Gasteiger partial charge in [-0.1, -0.05) is 13.0 Å². The van der Waals surface area contributed by atoms with Crippen molar-refractivity contribution in [3.8, 4) is 0 Å². The summed E-state index contributed by atoms with van der Waals surface area (Å²) in [5.41, 5.74) is 2.92. The summed E-state index contributed by atoms with van der Waals surface area (Å²) in [6.07, 6.45) is 6.62. The van der Waals surface area contributed by atoms with E-state index in [4.69, 9.17) is 10.6 Å². The number of rotatable bonds is 6. The molecule has 0 radical (unpaired) electrons. The molecule has 1 aliphatic heterocycles. The van der Waals surface area contributed by atoms with E-state index in [0.29, 0.717) is 18.1 Å². The Balaban J connectivity index is 2.45. The summed E-state index contributed by atoms with van der Waals surface area (Å²) >= 11 is 0. The van der Waals surface area contributed by atoms with Gasteiger partial charge in [-0.15, -0.1) is 6.58 Å². The van der Waals surface area contributed by atoms with E-state index < -0.39 is 0 Å². The third-order valence-electron chi connectivity index (χ3n) is 3.08. The van der Waals surface area contributed by atoms with Crippen molar-refractivity contribution < 1.29 is 4.74 Å². The lowest BCUT2D eigenvalue weighted by molar-refractivity contribution is 0.0765. The largest absolute Gasteiger partial charge is 0.378 e. The summed E-state index contributed by atoms with van der Waals surface area (Å²) in [6.45, 7) is 6.79. The maximum absolute atomic E-state index is 5.66. The van der Waals surface area contributed by atoms with Crippen molar-refractivity contribution in [3.63, 3.8) is 0 Å². The fourth-order valence-corrected chi connectivity index (χ4v) is 2.26. The molecule has 1 heterocycles. The first-order chi connectivity index (χ1) is 6.83. The lowest BCUT2D eigenvalue weighted by Crippen LogP contribution is -2.43. The number of nitrogens with one attached hydrogen (secondary N) is 1. The number of nitrogens with two attached hydrogens (primary N) is 1. The first-order valence-electron chi connectivity index (χ1n) is 5.52. The smallest absolute Gasteiger partial charge is 0.0616 e. The molecule has 0 aromatic heterocycles. The van der Waals surface area contributed by atoms with E-state index in [1.165, 1.54) is 0 Å². The van der Waals surface area contributed by atoms with E-state index >= 15 is 0 Å². The molecule has 0 amide bonds. The standard InChI is InChI=1S/C11H22N2O/c1-3-5-6-10(13-12)9-7-8-14-11(9)4-2/h3,9-11,13H,1,4-8,12H2,2H3. The molecule has 3 heteroatoms. The van der Waals surface area contributed by atoms with Crippen LogP contribution in [0.15, 0.2) is 12.7 Å². The molecule has 3 N–H and O–H groups in total. The third kappa shape index (κ3) is 2.80. The summed E-state index contributed by atoms with van der Waals surface area (Å²) in [6, 6.07) is 0.375. The van der Waals surface area contributed by atoms with E-state index in [9.17, 15) is 0 Å². The van der Waals surface area contributed by atoms with E-state index in [2.05, 4.69) is 18.9 Å². The number of allylic oxidation sites excluding steroid dienone is 1. The monoisotopic (exact) mass is 198 g/mol. The topological polar surface area (TPSA) is 47.3 Å². The van der Waals surface area contributed by atoms with Gasteiger partial charge in [0, 0.05) is 18.6 Å². The van der Waals surface area contributed by atoms with Crippen LogP contribution in [0.5, 0.6) is 0 Å². The Bertz CT molecular complexity index is 173. The van der Waals surface area contributed by atoms with Crippen LogP contribution in [0.1, 0.15) is 32.6 Å². The molecule has 0 bridgehead atoms. The highest BCUT2D eigenvalue weighted by molar-refractivity contribution is 4.86. The number of hydrogen-bond acceptors (Lipinski definition) is 3. The Morgan fingerprint density at radius 2 is 2.50 bits per heavy atom. The van der Waals surface area contributed by atoms with Crippen molar-refractivity contribution in [2.24, 2.45) is 11.8 Å². The van der Waals surface area contributed by atoms with Gasteiger partial charge in [0.1, 0.15) is 0 Å². The summed E-state index contributed by atoms with van der Waals surface area (Å²) in [7, 11) is 0. The molecule has 3 unspecified atom stereocenters. The Morgan fingerprint density at radius 1 is 1.71 bits per heavy atom. The molecular formula is C11H22N2O. The molecule has 14 heavy (non-hydrogen) atoms. The molecule has 82 valence electrons. The molecule has 0 spiro atoms. The molecule has 1 saturated heterocycles. The maximum atomic E-state index is 5.66. The number of hydrazine groups is 1. The second kappa shape index (κ2) is 6.17. The highest BCUT2D eigenvalue weighted by atomic mass is 16.5. The van der Waals surface area contributed by atoms with Gasteiger partial charge in [-0.3, -0.25) is 11.3 Å². The minimum atomic E-state index is 0.375. The number of hydrogen-bond donors (Lipinski definition) is 2. The van der Waals surface area contributed by atoms with Crippen LogP contribution in [0.3, 0.4) is 0 Å². The van der Waals surface area contributed by atoms with Crippen LogP contribution >= 0.6 is 0 Å². The van der Waals surface area contributed by atoms with Gasteiger partial charge in [-0.05, 0) is 25.7 Å². The first-order valence-corrected chi connectivity index (χ1v) is 5.52. The second-order valence-electron chi connectivity index (χ2n) is 3.91.